The van der Waals surface area contributed by atoms with Crippen LogP contribution in [0.1, 0.15) is 27.3 Å². The third-order valence-electron chi connectivity index (χ3n) is 4.71. The molecule has 1 aliphatic rings. The van der Waals surface area contributed by atoms with Crippen molar-refractivity contribution in [3.8, 4) is 5.69 Å². The average molecular weight is 399 g/mol. The lowest BCUT2D eigenvalue weighted by molar-refractivity contribution is 0.0591. The first-order valence-corrected chi connectivity index (χ1v) is 9.18. The first-order valence-electron chi connectivity index (χ1n) is 8.80. The number of nitrogens with zero attached hydrogens (tertiary/aromatic N) is 5. The molecule has 0 aliphatic carbocycles. The average Bonchev–Trinajstić information content (AvgIpc) is 3.04. The number of anilines is 1. The lowest BCUT2D eigenvalue weighted by Crippen LogP contribution is -2.31. The molecule has 3 aromatic rings. The number of hydrogen-bond donors (Lipinski definition) is 1. The summed E-state index contributed by atoms with van der Waals surface area (Å²) in [5.74, 6) is -0.229. The molecule has 0 fully saturated rings. The molecule has 4 rings (SSSR count). The van der Waals surface area contributed by atoms with Gasteiger partial charge in [0, 0.05) is 43.4 Å². The summed E-state index contributed by atoms with van der Waals surface area (Å²) in [6.45, 7) is 1.86. The minimum atomic E-state index is -0.514. The Bertz CT molecular complexity index is 1020. The van der Waals surface area contributed by atoms with Gasteiger partial charge in [-0.25, -0.2) is 19.4 Å². The molecule has 2 N–H and O–H groups in total. The summed E-state index contributed by atoms with van der Waals surface area (Å²) >= 11 is 6.63. The highest BCUT2D eigenvalue weighted by molar-refractivity contribution is 6.31. The van der Waals surface area contributed by atoms with Crippen molar-refractivity contribution in [2.75, 3.05) is 19.4 Å². The van der Waals surface area contributed by atoms with Gasteiger partial charge in [0.05, 0.1) is 18.5 Å². The number of carbonyl (C=O) groups is 1. The standard InChI is InChI=1S/C19H19ClN6O2/c1-28-18(27)16-14(17(20)26(24-16)13-5-3-2-4-6-13)11-25-8-7-15-12(10-25)9-22-19(21)23-15/h2-6,9H,7-8,10-11H2,1H3,(H2,21,22,23). The maximum absolute atomic E-state index is 12.3. The van der Waals surface area contributed by atoms with Crippen molar-refractivity contribution in [1.29, 1.82) is 0 Å². The molecule has 8 nitrogen and oxygen atoms in total. The fraction of sp³-hybridized carbons (Fsp3) is 0.263. The minimum absolute atomic E-state index is 0.218. The number of halogens is 1. The zero-order valence-electron chi connectivity index (χ0n) is 15.3. The number of methoxy groups -OCH3 is 1. The molecule has 0 radical (unpaired) electrons. The van der Waals surface area contributed by atoms with E-state index >= 15 is 0 Å². The fourth-order valence-electron chi connectivity index (χ4n) is 3.32. The second-order valence-electron chi connectivity index (χ2n) is 6.52. The molecule has 0 bridgehead atoms. The fourth-order valence-corrected chi connectivity index (χ4v) is 3.60. The maximum atomic E-state index is 12.3. The first kappa shape index (κ1) is 18.4. The summed E-state index contributed by atoms with van der Waals surface area (Å²) in [6, 6.07) is 9.43. The second kappa shape index (κ2) is 7.57. The van der Waals surface area contributed by atoms with Crippen LogP contribution in [-0.2, 0) is 24.2 Å². The molecule has 9 heteroatoms. The first-order chi connectivity index (χ1) is 13.6. The number of hydrogen-bond acceptors (Lipinski definition) is 7. The van der Waals surface area contributed by atoms with Crippen molar-refractivity contribution >= 4 is 23.5 Å². The predicted octanol–water partition coefficient (Wildman–Crippen LogP) is 2.24. The van der Waals surface area contributed by atoms with E-state index in [0.29, 0.717) is 23.8 Å². The molecule has 3 heterocycles. The third kappa shape index (κ3) is 3.44. The van der Waals surface area contributed by atoms with Gasteiger partial charge < -0.3 is 10.5 Å². The molecule has 28 heavy (non-hydrogen) atoms. The number of ether oxygens (including phenoxy) is 1. The van der Waals surface area contributed by atoms with E-state index in [2.05, 4.69) is 20.0 Å². The van der Waals surface area contributed by atoms with Crippen LogP contribution in [0.2, 0.25) is 5.15 Å². The molecule has 1 aliphatic heterocycles. The summed E-state index contributed by atoms with van der Waals surface area (Å²) in [6.07, 6.45) is 2.50. The van der Waals surface area contributed by atoms with Gasteiger partial charge in [-0.3, -0.25) is 4.90 Å². The summed E-state index contributed by atoms with van der Waals surface area (Å²) < 4.78 is 6.47. The molecule has 0 amide bonds. The highest BCUT2D eigenvalue weighted by Gasteiger charge is 2.27. The number of fused-ring (bicyclic) bond motifs is 1. The molecule has 1 aromatic carbocycles. The van der Waals surface area contributed by atoms with Gasteiger partial charge >= 0.3 is 5.97 Å². The molecular weight excluding hydrogens is 380 g/mol. The number of benzene rings is 1. The molecule has 2 aromatic heterocycles. The number of carbonyl (C=O) groups excluding carboxylic acids is 1. The molecule has 0 saturated carbocycles. The summed E-state index contributed by atoms with van der Waals surface area (Å²) in [5, 5.41) is 4.81. The van der Waals surface area contributed by atoms with Crippen molar-refractivity contribution in [2.24, 2.45) is 0 Å². The lowest BCUT2D eigenvalue weighted by Gasteiger charge is -2.27. The van der Waals surface area contributed by atoms with Gasteiger partial charge in [0.1, 0.15) is 5.15 Å². The van der Waals surface area contributed by atoms with Crippen LogP contribution in [-0.4, -0.2) is 44.3 Å². The van der Waals surface area contributed by atoms with Crippen LogP contribution < -0.4 is 5.73 Å². The number of rotatable bonds is 4. The Morgan fingerprint density at radius 1 is 1.32 bits per heavy atom. The largest absolute Gasteiger partial charge is 0.464 e. The molecular formula is C19H19ClN6O2. The van der Waals surface area contributed by atoms with Gasteiger partial charge in [-0.05, 0) is 12.1 Å². The topological polar surface area (TPSA) is 99.2 Å². The second-order valence-corrected chi connectivity index (χ2v) is 6.88. The van der Waals surface area contributed by atoms with Crippen LogP contribution in [0.25, 0.3) is 5.69 Å². The Labute approximate surface area is 166 Å². The van der Waals surface area contributed by atoms with E-state index < -0.39 is 5.97 Å². The normalized spacial score (nSPS) is 13.9. The van der Waals surface area contributed by atoms with Crippen molar-refractivity contribution in [2.45, 2.75) is 19.5 Å². The van der Waals surface area contributed by atoms with Crippen LogP contribution in [0.4, 0.5) is 5.95 Å². The van der Waals surface area contributed by atoms with Crippen molar-refractivity contribution < 1.29 is 9.53 Å². The van der Waals surface area contributed by atoms with Crippen LogP contribution in [0.15, 0.2) is 36.5 Å². The highest BCUT2D eigenvalue weighted by Crippen LogP contribution is 2.28. The maximum Gasteiger partial charge on any atom is 0.358 e. The van der Waals surface area contributed by atoms with E-state index in [4.69, 9.17) is 22.1 Å². The lowest BCUT2D eigenvalue weighted by atomic mass is 10.1. The van der Waals surface area contributed by atoms with E-state index in [-0.39, 0.29) is 11.6 Å². The van der Waals surface area contributed by atoms with Crippen molar-refractivity contribution in [3.05, 3.63) is 64.2 Å². The Morgan fingerprint density at radius 2 is 2.11 bits per heavy atom. The predicted molar refractivity (Wildman–Crippen MR) is 104 cm³/mol. The van der Waals surface area contributed by atoms with Crippen molar-refractivity contribution in [1.82, 2.24) is 24.6 Å². The Morgan fingerprint density at radius 3 is 2.86 bits per heavy atom. The minimum Gasteiger partial charge on any atom is -0.464 e. The summed E-state index contributed by atoms with van der Waals surface area (Å²) in [7, 11) is 1.33. The van der Waals surface area contributed by atoms with E-state index in [1.807, 2.05) is 30.3 Å². The van der Waals surface area contributed by atoms with Gasteiger partial charge in [0.2, 0.25) is 5.95 Å². The third-order valence-corrected chi connectivity index (χ3v) is 5.10. The Hall–Kier alpha value is -2.97. The zero-order valence-corrected chi connectivity index (χ0v) is 16.1. The SMILES string of the molecule is COC(=O)c1nn(-c2ccccc2)c(Cl)c1CN1CCc2nc(N)ncc2C1. The van der Waals surface area contributed by atoms with E-state index in [9.17, 15) is 4.79 Å². The summed E-state index contributed by atoms with van der Waals surface area (Å²) in [5.41, 5.74) is 9.28. The smallest absolute Gasteiger partial charge is 0.358 e. The van der Waals surface area contributed by atoms with Crippen molar-refractivity contribution in [3.63, 3.8) is 0 Å². The zero-order chi connectivity index (χ0) is 19.7. The van der Waals surface area contributed by atoms with E-state index in [1.165, 1.54) is 7.11 Å². The highest BCUT2D eigenvalue weighted by atomic mass is 35.5. The number of esters is 1. The number of para-hydroxylation sites is 1. The summed E-state index contributed by atoms with van der Waals surface area (Å²) in [4.78, 5) is 22.8. The Balaban J connectivity index is 1.66. The van der Waals surface area contributed by atoms with Crippen LogP contribution >= 0.6 is 11.6 Å². The Kier molecular flexibility index (Phi) is 4.97. The van der Waals surface area contributed by atoms with Crippen LogP contribution in [0.3, 0.4) is 0 Å². The van der Waals surface area contributed by atoms with Gasteiger partial charge in [0.25, 0.3) is 0 Å². The van der Waals surface area contributed by atoms with Crippen LogP contribution in [0, 0.1) is 0 Å². The number of aromatic nitrogens is 4. The number of nitrogens with two attached hydrogens (primary N) is 1. The van der Waals surface area contributed by atoms with Gasteiger partial charge in [-0.1, -0.05) is 29.8 Å². The molecule has 0 spiro atoms. The monoisotopic (exact) mass is 398 g/mol. The van der Waals surface area contributed by atoms with Crippen LogP contribution in [0.5, 0.6) is 0 Å². The quantitative estimate of drug-likeness (QED) is 0.673. The van der Waals surface area contributed by atoms with Gasteiger partial charge in [0.15, 0.2) is 5.69 Å². The van der Waals surface area contributed by atoms with E-state index in [1.54, 1.807) is 10.9 Å². The molecule has 0 unspecified atom stereocenters. The van der Waals surface area contributed by atoms with Gasteiger partial charge in [-0.15, -0.1) is 0 Å². The number of nitrogen functional groups attached to an aromatic ring is 1. The molecule has 0 atom stereocenters. The molecule has 0 saturated heterocycles. The van der Waals surface area contributed by atoms with Gasteiger partial charge in [-0.2, -0.15) is 5.10 Å². The van der Waals surface area contributed by atoms with E-state index in [0.717, 1.165) is 29.9 Å². The molecule has 144 valence electrons.